The quantitative estimate of drug-likeness (QED) is 0.748. The Kier molecular flexibility index (Phi) is 5.95. The van der Waals surface area contributed by atoms with E-state index >= 15 is 0 Å². The summed E-state index contributed by atoms with van der Waals surface area (Å²) in [4.78, 5) is 22.4. The van der Waals surface area contributed by atoms with Crippen LogP contribution in [0.25, 0.3) is 0 Å². The number of halogens is 1. The number of hydrogen-bond donors (Lipinski definition) is 2. The molecule has 24 heavy (non-hydrogen) atoms. The first-order valence-corrected chi connectivity index (χ1v) is 7.72. The highest BCUT2D eigenvalue weighted by atomic mass is 35.5. The van der Waals surface area contributed by atoms with Crippen molar-refractivity contribution in [3.05, 3.63) is 64.2 Å². The van der Waals surface area contributed by atoms with Gasteiger partial charge in [-0.25, -0.2) is 4.79 Å². The number of hydrogen-bond acceptors (Lipinski definition) is 4. The highest BCUT2D eigenvalue weighted by Crippen LogP contribution is 2.29. The smallest absolute Gasteiger partial charge is 0.335 e. The summed E-state index contributed by atoms with van der Waals surface area (Å²) in [6, 6.07) is 10.7. The first-order valence-electron chi connectivity index (χ1n) is 7.34. The van der Waals surface area contributed by atoms with Gasteiger partial charge >= 0.3 is 5.97 Å². The number of methoxy groups -OCH3 is 1. The van der Waals surface area contributed by atoms with Crippen LogP contribution in [-0.2, 0) is 4.79 Å². The molecular weight excluding hydrogens is 330 g/mol. The maximum Gasteiger partial charge on any atom is 0.335 e. The summed E-state index contributed by atoms with van der Waals surface area (Å²) in [6.07, 6.45) is 0.781. The molecule has 1 unspecified atom stereocenters. The second-order valence-electron chi connectivity index (χ2n) is 5.32. The van der Waals surface area contributed by atoms with Gasteiger partial charge in [0.2, 0.25) is 0 Å². The Bertz CT molecular complexity index is 730. The second-order valence-corrected chi connectivity index (χ2v) is 5.75. The molecule has 5 nitrogen and oxygen atoms in total. The van der Waals surface area contributed by atoms with Crippen molar-refractivity contribution in [3.63, 3.8) is 0 Å². The van der Waals surface area contributed by atoms with Gasteiger partial charge in [0.1, 0.15) is 12.0 Å². The van der Waals surface area contributed by atoms with E-state index in [4.69, 9.17) is 21.4 Å². The van der Waals surface area contributed by atoms with Crippen LogP contribution in [0, 0.1) is 0 Å². The minimum atomic E-state index is -1.01. The Labute approximate surface area is 145 Å². The van der Waals surface area contributed by atoms with Crippen LogP contribution in [0.2, 0.25) is 5.02 Å². The highest BCUT2D eigenvalue weighted by molar-refractivity contribution is 6.30. The van der Waals surface area contributed by atoms with Crippen LogP contribution in [-0.4, -0.2) is 24.5 Å². The number of carbonyl (C=O) groups is 2. The van der Waals surface area contributed by atoms with Crippen molar-refractivity contribution in [1.29, 1.82) is 0 Å². The molecule has 0 fully saturated rings. The first kappa shape index (κ1) is 18.0. The van der Waals surface area contributed by atoms with Gasteiger partial charge in [-0.05, 0) is 42.8 Å². The number of carboxylic acids is 1. The van der Waals surface area contributed by atoms with Gasteiger partial charge in [-0.3, -0.25) is 5.32 Å². The number of carboxylic acid groups (broad SMARTS) is 1. The van der Waals surface area contributed by atoms with E-state index in [1.54, 1.807) is 37.4 Å². The average Bonchev–Trinajstić information content (AvgIpc) is 2.59. The van der Waals surface area contributed by atoms with Crippen molar-refractivity contribution < 1.29 is 19.4 Å². The summed E-state index contributed by atoms with van der Waals surface area (Å²) in [5.74, 6) is -0.334. The number of rotatable bonds is 7. The molecule has 6 heteroatoms. The van der Waals surface area contributed by atoms with Crippen molar-refractivity contribution in [2.24, 2.45) is 0 Å². The van der Waals surface area contributed by atoms with E-state index in [-0.39, 0.29) is 11.6 Å². The molecule has 0 aromatic heterocycles. The third-order valence-electron chi connectivity index (χ3n) is 3.74. The fourth-order valence-corrected chi connectivity index (χ4v) is 2.63. The molecule has 0 radical (unpaired) electrons. The normalized spacial score (nSPS) is 13.1. The monoisotopic (exact) mass is 347 g/mol. The number of ether oxygens (including phenoxy) is 1. The lowest BCUT2D eigenvalue weighted by Gasteiger charge is -2.22. The standard InChI is InChI=1S/C18H18ClNO4/c1-11(15-9-14(19)7-8-17(15)24-2)20-16(10-21)12-3-5-13(6-4-12)18(22)23/h3-11,16,20H,1-2H3,(H,22,23)/t11-,16?/m0/s1. The molecule has 0 saturated heterocycles. The number of benzene rings is 2. The molecule has 0 spiro atoms. The van der Waals surface area contributed by atoms with Gasteiger partial charge in [0.25, 0.3) is 0 Å². The number of aromatic carboxylic acids is 1. The van der Waals surface area contributed by atoms with Crippen LogP contribution in [0.15, 0.2) is 42.5 Å². The van der Waals surface area contributed by atoms with Gasteiger partial charge in [0, 0.05) is 16.6 Å². The van der Waals surface area contributed by atoms with Gasteiger partial charge in [0.15, 0.2) is 0 Å². The van der Waals surface area contributed by atoms with E-state index < -0.39 is 12.0 Å². The van der Waals surface area contributed by atoms with Crippen molar-refractivity contribution in [3.8, 4) is 5.75 Å². The maximum absolute atomic E-state index is 11.5. The molecule has 0 heterocycles. The Balaban J connectivity index is 2.22. The van der Waals surface area contributed by atoms with Gasteiger partial charge in [-0.15, -0.1) is 0 Å². The molecule has 2 aromatic rings. The van der Waals surface area contributed by atoms with Crippen molar-refractivity contribution in [2.75, 3.05) is 7.11 Å². The zero-order chi connectivity index (χ0) is 17.7. The predicted molar refractivity (Wildman–Crippen MR) is 91.8 cm³/mol. The topological polar surface area (TPSA) is 75.6 Å². The molecule has 2 N–H and O–H groups in total. The Hall–Kier alpha value is -2.37. The lowest BCUT2D eigenvalue weighted by Crippen LogP contribution is -2.26. The zero-order valence-corrected chi connectivity index (χ0v) is 14.1. The number of nitrogens with one attached hydrogen (secondary N) is 1. The number of carbonyl (C=O) groups excluding carboxylic acids is 1. The van der Waals surface area contributed by atoms with Gasteiger partial charge < -0.3 is 14.6 Å². The van der Waals surface area contributed by atoms with Crippen LogP contribution in [0.1, 0.15) is 40.5 Å². The molecule has 2 aromatic carbocycles. The average molecular weight is 348 g/mol. The molecule has 2 rings (SSSR count). The molecule has 0 amide bonds. The fourth-order valence-electron chi connectivity index (χ4n) is 2.45. The zero-order valence-electron chi connectivity index (χ0n) is 13.3. The van der Waals surface area contributed by atoms with Crippen molar-refractivity contribution >= 4 is 23.9 Å². The summed E-state index contributed by atoms with van der Waals surface area (Å²) in [5.41, 5.74) is 1.69. The SMILES string of the molecule is COc1ccc(Cl)cc1[C@H](C)NC(C=O)c1ccc(C(=O)O)cc1. The molecule has 0 saturated carbocycles. The van der Waals surface area contributed by atoms with E-state index in [1.807, 2.05) is 6.92 Å². The first-order chi connectivity index (χ1) is 11.5. The van der Waals surface area contributed by atoms with Gasteiger partial charge in [-0.2, -0.15) is 0 Å². The van der Waals surface area contributed by atoms with E-state index in [9.17, 15) is 9.59 Å². The van der Waals surface area contributed by atoms with Crippen LogP contribution >= 0.6 is 11.6 Å². The fraction of sp³-hybridized carbons (Fsp3) is 0.222. The predicted octanol–water partition coefficient (Wildman–Crippen LogP) is 3.64. The number of aldehydes is 1. The highest BCUT2D eigenvalue weighted by Gasteiger charge is 2.18. The lowest BCUT2D eigenvalue weighted by molar-refractivity contribution is -0.109. The van der Waals surface area contributed by atoms with Crippen LogP contribution in [0.4, 0.5) is 0 Å². The van der Waals surface area contributed by atoms with E-state index in [1.165, 1.54) is 12.1 Å². The van der Waals surface area contributed by atoms with Crippen LogP contribution < -0.4 is 10.1 Å². The maximum atomic E-state index is 11.5. The van der Waals surface area contributed by atoms with E-state index in [0.717, 1.165) is 11.8 Å². The molecule has 0 aliphatic heterocycles. The summed E-state index contributed by atoms with van der Waals surface area (Å²) in [5, 5.41) is 12.7. The van der Waals surface area contributed by atoms with Crippen molar-refractivity contribution in [2.45, 2.75) is 19.0 Å². The largest absolute Gasteiger partial charge is 0.496 e. The molecule has 0 aliphatic carbocycles. The molecule has 126 valence electrons. The van der Waals surface area contributed by atoms with Crippen LogP contribution in [0.3, 0.4) is 0 Å². The molecule has 0 aliphatic rings. The summed E-state index contributed by atoms with van der Waals surface area (Å²) >= 11 is 6.04. The summed E-state index contributed by atoms with van der Waals surface area (Å²) < 4.78 is 5.33. The minimum absolute atomic E-state index is 0.174. The second kappa shape index (κ2) is 7.95. The Morgan fingerprint density at radius 2 is 1.92 bits per heavy atom. The van der Waals surface area contributed by atoms with E-state index in [0.29, 0.717) is 16.3 Å². The summed E-state index contributed by atoms with van der Waals surface area (Å²) in [6.45, 7) is 1.90. The molecular formula is C18H18ClNO4. The van der Waals surface area contributed by atoms with Crippen molar-refractivity contribution in [1.82, 2.24) is 5.32 Å². The Morgan fingerprint density at radius 3 is 2.46 bits per heavy atom. The minimum Gasteiger partial charge on any atom is -0.496 e. The molecule has 2 atom stereocenters. The van der Waals surface area contributed by atoms with Gasteiger partial charge in [-0.1, -0.05) is 23.7 Å². The third kappa shape index (κ3) is 4.13. The Morgan fingerprint density at radius 1 is 1.25 bits per heavy atom. The lowest BCUT2D eigenvalue weighted by atomic mass is 10.0. The van der Waals surface area contributed by atoms with Crippen LogP contribution in [0.5, 0.6) is 5.75 Å². The molecule has 0 bridgehead atoms. The van der Waals surface area contributed by atoms with Gasteiger partial charge in [0.05, 0.1) is 18.7 Å². The third-order valence-corrected chi connectivity index (χ3v) is 3.98. The van der Waals surface area contributed by atoms with E-state index in [2.05, 4.69) is 5.32 Å². The summed E-state index contributed by atoms with van der Waals surface area (Å²) in [7, 11) is 1.57.